The third-order valence-electron chi connectivity index (χ3n) is 5.40. The Labute approximate surface area is 156 Å². The average Bonchev–Trinajstić information content (AvgIpc) is 3.16. The van der Waals surface area contributed by atoms with E-state index in [1.54, 1.807) is 0 Å². The molecule has 148 valence electrons. The first-order valence-electron chi connectivity index (χ1n) is 9.43. The van der Waals surface area contributed by atoms with Gasteiger partial charge in [0.1, 0.15) is 0 Å². The lowest BCUT2D eigenvalue weighted by atomic mass is 10.1. The molecule has 1 saturated heterocycles. The molecule has 1 heterocycles. The van der Waals surface area contributed by atoms with Crippen LogP contribution < -0.4 is 10.2 Å². The number of carbonyl (C=O) groups is 2. The van der Waals surface area contributed by atoms with Gasteiger partial charge in [-0.1, -0.05) is 25.0 Å². The topological polar surface area (TPSA) is 53.9 Å². The molecule has 0 spiro atoms. The molecule has 5 nitrogen and oxygen atoms in total. The Morgan fingerprint density at radius 2 is 1.74 bits per heavy atom. The minimum absolute atomic E-state index is 0.0949. The van der Waals surface area contributed by atoms with E-state index in [0.29, 0.717) is 26.2 Å². The highest BCUT2D eigenvalue weighted by Crippen LogP contribution is 2.34. The van der Waals surface area contributed by atoms with Gasteiger partial charge in [0.2, 0.25) is 5.91 Å². The Bertz CT molecular complexity index is 679. The number of para-hydroxylation sites is 1. The summed E-state index contributed by atoms with van der Waals surface area (Å²) in [6.07, 6.45) is -0.356. The molecule has 0 aromatic heterocycles. The molecule has 1 aliphatic heterocycles. The second-order valence-electron chi connectivity index (χ2n) is 7.32. The molecule has 3 rings (SSSR count). The van der Waals surface area contributed by atoms with Crippen LogP contribution in [0.25, 0.3) is 0 Å². The molecule has 2 N–H and O–H groups in total. The van der Waals surface area contributed by atoms with Gasteiger partial charge in [0.15, 0.2) is 6.54 Å². The Hall–Kier alpha value is -2.09. The number of piperazine rings is 1. The standard InChI is InChI=1S/C19H24F3N3O2/c20-19(21,22)15-7-3-4-8-16(15)23-17(26)13-24-9-11-25(12-10-24)18(27)14-5-1-2-6-14/h3-4,7-8,14H,1-2,5-6,9-13H2,(H,23,26)/p+1. The number of hydrogen-bond donors (Lipinski definition) is 2. The zero-order valence-electron chi connectivity index (χ0n) is 15.1. The number of anilines is 1. The highest BCUT2D eigenvalue weighted by Gasteiger charge is 2.34. The molecule has 0 atom stereocenters. The number of hydrogen-bond acceptors (Lipinski definition) is 2. The smallest absolute Gasteiger partial charge is 0.331 e. The second-order valence-corrected chi connectivity index (χ2v) is 7.32. The Balaban J connectivity index is 1.49. The van der Waals surface area contributed by atoms with Gasteiger partial charge in [0.05, 0.1) is 37.4 Å². The van der Waals surface area contributed by atoms with Crippen molar-refractivity contribution in [3.63, 3.8) is 0 Å². The van der Waals surface area contributed by atoms with E-state index < -0.39 is 17.6 Å². The van der Waals surface area contributed by atoms with Crippen LogP contribution in [0.1, 0.15) is 31.2 Å². The number of carbonyl (C=O) groups excluding carboxylic acids is 2. The normalized spacial score (nSPS) is 19.3. The molecule has 0 radical (unpaired) electrons. The van der Waals surface area contributed by atoms with Crippen molar-refractivity contribution in [2.45, 2.75) is 31.9 Å². The number of halogens is 3. The fraction of sp³-hybridized carbons (Fsp3) is 0.579. The molecule has 2 aliphatic rings. The molecule has 2 amide bonds. The quantitative estimate of drug-likeness (QED) is 0.828. The highest BCUT2D eigenvalue weighted by molar-refractivity contribution is 5.92. The summed E-state index contributed by atoms with van der Waals surface area (Å²) < 4.78 is 39.0. The molecule has 1 aromatic rings. The number of amides is 2. The van der Waals surface area contributed by atoms with Crippen molar-refractivity contribution in [2.24, 2.45) is 5.92 Å². The molecule has 1 saturated carbocycles. The fourth-order valence-electron chi connectivity index (χ4n) is 3.91. The number of benzene rings is 1. The molecule has 1 aliphatic carbocycles. The van der Waals surface area contributed by atoms with Gasteiger partial charge in [0.25, 0.3) is 5.91 Å². The van der Waals surface area contributed by atoms with E-state index in [2.05, 4.69) is 5.32 Å². The van der Waals surface area contributed by atoms with E-state index >= 15 is 0 Å². The maximum absolute atomic E-state index is 13.0. The lowest BCUT2D eigenvalue weighted by molar-refractivity contribution is -0.895. The van der Waals surface area contributed by atoms with E-state index in [0.717, 1.165) is 36.6 Å². The van der Waals surface area contributed by atoms with Gasteiger partial charge in [-0.2, -0.15) is 13.2 Å². The van der Waals surface area contributed by atoms with Crippen molar-refractivity contribution in [3.8, 4) is 0 Å². The van der Waals surface area contributed by atoms with E-state index in [-0.39, 0.29) is 24.1 Å². The predicted molar refractivity (Wildman–Crippen MR) is 94.2 cm³/mol. The highest BCUT2D eigenvalue weighted by atomic mass is 19.4. The van der Waals surface area contributed by atoms with E-state index in [9.17, 15) is 22.8 Å². The third-order valence-corrected chi connectivity index (χ3v) is 5.40. The van der Waals surface area contributed by atoms with Crippen molar-refractivity contribution in [3.05, 3.63) is 29.8 Å². The van der Waals surface area contributed by atoms with Crippen LogP contribution in [-0.4, -0.2) is 49.4 Å². The first kappa shape index (κ1) is 19.7. The van der Waals surface area contributed by atoms with Crippen LogP contribution in [0, 0.1) is 5.92 Å². The van der Waals surface area contributed by atoms with Crippen LogP contribution in [0.15, 0.2) is 24.3 Å². The van der Waals surface area contributed by atoms with Gasteiger partial charge in [-0.15, -0.1) is 0 Å². The number of rotatable bonds is 4. The summed E-state index contributed by atoms with van der Waals surface area (Å²) in [5.41, 5.74) is -1.07. The number of nitrogens with one attached hydrogen (secondary N) is 2. The van der Waals surface area contributed by atoms with Crippen molar-refractivity contribution in [2.75, 3.05) is 38.0 Å². The van der Waals surface area contributed by atoms with Gasteiger partial charge < -0.3 is 15.1 Å². The van der Waals surface area contributed by atoms with Crippen LogP contribution in [0.5, 0.6) is 0 Å². The number of nitrogens with zero attached hydrogens (tertiary/aromatic N) is 1. The van der Waals surface area contributed by atoms with Crippen molar-refractivity contribution in [1.29, 1.82) is 0 Å². The van der Waals surface area contributed by atoms with E-state index in [1.807, 2.05) is 4.90 Å². The molecule has 27 heavy (non-hydrogen) atoms. The Morgan fingerprint density at radius 3 is 2.37 bits per heavy atom. The number of alkyl halides is 3. The molecule has 0 unspecified atom stereocenters. The van der Waals surface area contributed by atoms with Gasteiger partial charge in [-0.25, -0.2) is 0 Å². The third kappa shape index (κ3) is 5.00. The zero-order chi connectivity index (χ0) is 19.4. The summed E-state index contributed by atoms with van der Waals surface area (Å²) in [4.78, 5) is 27.5. The number of quaternary nitrogens is 1. The summed E-state index contributed by atoms with van der Waals surface area (Å²) in [6, 6.07) is 4.97. The molecule has 8 heteroatoms. The lowest BCUT2D eigenvalue weighted by Gasteiger charge is -2.33. The van der Waals surface area contributed by atoms with Crippen molar-refractivity contribution >= 4 is 17.5 Å². The molecule has 0 bridgehead atoms. The maximum Gasteiger partial charge on any atom is 0.418 e. The van der Waals surface area contributed by atoms with Gasteiger partial charge in [-0.05, 0) is 25.0 Å². The van der Waals surface area contributed by atoms with Crippen LogP contribution in [-0.2, 0) is 15.8 Å². The van der Waals surface area contributed by atoms with Crippen LogP contribution in [0.2, 0.25) is 0 Å². The van der Waals surface area contributed by atoms with Crippen LogP contribution in [0.4, 0.5) is 18.9 Å². The van der Waals surface area contributed by atoms with E-state index in [4.69, 9.17) is 0 Å². The minimum atomic E-state index is -4.51. The lowest BCUT2D eigenvalue weighted by Crippen LogP contribution is -3.15. The van der Waals surface area contributed by atoms with Crippen molar-refractivity contribution < 1.29 is 27.7 Å². The molecule has 1 aromatic carbocycles. The van der Waals surface area contributed by atoms with Crippen molar-refractivity contribution in [1.82, 2.24) is 4.90 Å². The Morgan fingerprint density at radius 1 is 1.11 bits per heavy atom. The summed E-state index contributed by atoms with van der Waals surface area (Å²) in [5.74, 6) is -0.0823. The largest absolute Gasteiger partial charge is 0.418 e. The van der Waals surface area contributed by atoms with Gasteiger partial charge >= 0.3 is 6.18 Å². The summed E-state index contributed by atoms with van der Waals surface area (Å²) in [7, 11) is 0. The second kappa shape index (κ2) is 8.29. The predicted octanol–water partition coefficient (Wildman–Crippen LogP) is 1.56. The average molecular weight is 384 g/mol. The summed E-state index contributed by atoms with van der Waals surface area (Å²) in [6.45, 7) is 2.55. The SMILES string of the molecule is O=C(C[NH+]1CCN(C(=O)C2CCCC2)CC1)Nc1ccccc1C(F)(F)F. The molecule has 2 fully saturated rings. The van der Waals surface area contributed by atoms with E-state index in [1.165, 1.54) is 18.2 Å². The zero-order valence-corrected chi connectivity index (χ0v) is 15.1. The molecular weight excluding hydrogens is 359 g/mol. The first-order chi connectivity index (χ1) is 12.8. The van der Waals surface area contributed by atoms with Crippen LogP contribution >= 0.6 is 0 Å². The Kier molecular flexibility index (Phi) is 6.04. The summed E-state index contributed by atoms with van der Waals surface area (Å²) >= 11 is 0. The summed E-state index contributed by atoms with van der Waals surface area (Å²) in [5, 5.41) is 2.38. The monoisotopic (exact) mass is 384 g/mol. The maximum atomic E-state index is 13.0. The first-order valence-corrected chi connectivity index (χ1v) is 9.43. The van der Waals surface area contributed by atoms with Crippen LogP contribution in [0.3, 0.4) is 0 Å². The van der Waals surface area contributed by atoms with Gasteiger partial charge in [-0.3, -0.25) is 9.59 Å². The minimum Gasteiger partial charge on any atom is -0.331 e. The van der Waals surface area contributed by atoms with Gasteiger partial charge in [0, 0.05) is 5.92 Å². The fourth-order valence-corrected chi connectivity index (χ4v) is 3.91. The molecular formula is C19H25F3N3O2+.